The van der Waals surface area contributed by atoms with Gasteiger partial charge in [-0.25, -0.2) is 4.39 Å². The highest BCUT2D eigenvalue weighted by Crippen LogP contribution is 2.46. The summed E-state index contributed by atoms with van der Waals surface area (Å²) in [5.74, 6) is -0.148. The topological polar surface area (TPSA) is 12.5 Å². The molecule has 3 rings (SSSR count). The Bertz CT molecular complexity index is 335. The van der Waals surface area contributed by atoms with E-state index in [9.17, 15) is 4.39 Å². The average molecular weight is 164 g/mol. The molecule has 0 saturated carbocycles. The zero-order valence-electron chi connectivity index (χ0n) is 6.59. The van der Waals surface area contributed by atoms with E-state index in [0.29, 0.717) is 6.10 Å². The van der Waals surface area contributed by atoms with Crippen LogP contribution in [0.25, 0.3) is 0 Å². The first-order valence-corrected chi connectivity index (χ1v) is 4.28. The molecule has 1 fully saturated rings. The van der Waals surface area contributed by atoms with Crippen molar-refractivity contribution in [2.24, 2.45) is 0 Å². The van der Waals surface area contributed by atoms with Crippen LogP contribution < -0.4 is 0 Å². The van der Waals surface area contributed by atoms with Gasteiger partial charge in [-0.1, -0.05) is 6.07 Å². The van der Waals surface area contributed by atoms with Crippen LogP contribution in [0.1, 0.15) is 23.7 Å². The molecule has 1 aromatic rings. The lowest BCUT2D eigenvalue weighted by Crippen LogP contribution is -2.04. The fourth-order valence-electron chi connectivity index (χ4n) is 1.99. The number of benzene rings is 1. The normalized spacial score (nSPS) is 30.8. The van der Waals surface area contributed by atoms with E-state index in [4.69, 9.17) is 4.74 Å². The molecule has 0 unspecified atom stereocenters. The van der Waals surface area contributed by atoms with E-state index in [0.717, 1.165) is 18.4 Å². The predicted molar refractivity (Wildman–Crippen MR) is 42.3 cm³/mol. The molecule has 62 valence electrons. The second-order valence-electron chi connectivity index (χ2n) is 3.48. The average Bonchev–Trinajstić information content (AvgIpc) is 2.82. The maximum absolute atomic E-state index is 12.8. The van der Waals surface area contributed by atoms with Crippen molar-refractivity contribution >= 4 is 0 Å². The Morgan fingerprint density at radius 1 is 1.42 bits per heavy atom. The summed E-state index contributed by atoms with van der Waals surface area (Å²) >= 11 is 0. The van der Waals surface area contributed by atoms with Crippen LogP contribution in [-0.2, 0) is 11.2 Å². The van der Waals surface area contributed by atoms with Crippen molar-refractivity contribution in [3.63, 3.8) is 0 Å². The Labute approximate surface area is 70.2 Å². The number of halogens is 1. The molecule has 1 nitrogen and oxygen atoms in total. The van der Waals surface area contributed by atoms with E-state index in [1.54, 1.807) is 6.07 Å². The fraction of sp³-hybridized carbons (Fsp3) is 0.400. The second kappa shape index (κ2) is 2.07. The smallest absolute Gasteiger partial charge is 0.123 e. The second-order valence-corrected chi connectivity index (χ2v) is 3.48. The molecule has 0 amide bonds. The molecule has 1 heterocycles. The van der Waals surface area contributed by atoms with Crippen molar-refractivity contribution in [2.75, 3.05) is 0 Å². The Morgan fingerprint density at radius 3 is 3.25 bits per heavy atom. The van der Waals surface area contributed by atoms with E-state index in [-0.39, 0.29) is 11.9 Å². The van der Waals surface area contributed by atoms with Crippen LogP contribution in [0.3, 0.4) is 0 Å². The molecule has 2 aliphatic rings. The van der Waals surface area contributed by atoms with Crippen LogP contribution in [0.5, 0.6) is 0 Å². The lowest BCUT2D eigenvalue weighted by Gasteiger charge is -2.10. The largest absolute Gasteiger partial charge is 0.364 e. The molecule has 2 heteroatoms. The quantitative estimate of drug-likeness (QED) is 0.535. The maximum atomic E-state index is 12.8. The van der Waals surface area contributed by atoms with Gasteiger partial charge < -0.3 is 4.74 Å². The van der Waals surface area contributed by atoms with Crippen molar-refractivity contribution in [1.29, 1.82) is 0 Å². The Morgan fingerprint density at radius 2 is 2.33 bits per heavy atom. The number of hydrogen-bond acceptors (Lipinski definition) is 1. The molecule has 1 saturated heterocycles. The number of hydrogen-bond donors (Lipinski definition) is 0. The molecule has 2 atom stereocenters. The van der Waals surface area contributed by atoms with Crippen molar-refractivity contribution in [3.8, 4) is 0 Å². The van der Waals surface area contributed by atoms with E-state index in [1.165, 1.54) is 11.6 Å². The van der Waals surface area contributed by atoms with E-state index < -0.39 is 0 Å². The first kappa shape index (κ1) is 6.61. The van der Waals surface area contributed by atoms with Crippen molar-refractivity contribution in [1.82, 2.24) is 0 Å². The van der Waals surface area contributed by atoms with E-state index in [2.05, 4.69) is 0 Å². The van der Waals surface area contributed by atoms with Gasteiger partial charge in [-0.05, 0) is 36.1 Å². The zero-order valence-corrected chi connectivity index (χ0v) is 6.59. The Balaban J connectivity index is 2.14. The molecule has 1 aliphatic heterocycles. The summed E-state index contributed by atoms with van der Waals surface area (Å²) in [6, 6.07) is 5.02. The summed E-state index contributed by atoms with van der Waals surface area (Å²) in [5, 5.41) is 0. The number of epoxide rings is 1. The van der Waals surface area contributed by atoms with Gasteiger partial charge in [-0.2, -0.15) is 0 Å². The minimum Gasteiger partial charge on any atom is -0.364 e. The lowest BCUT2D eigenvalue weighted by atomic mass is 9.92. The van der Waals surface area contributed by atoms with Gasteiger partial charge in [0.25, 0.3) is 0 Å². The number of fused-ring (bicyclic) bond motifs is 3. The minimum absolute atomic E-state index is 0.148. The van der Waals surface area contributed by atoms with Crippen LogP contribution in [-0.4, -0.2) is 6.10 Å². The van der Waals surface area contributed by atoms with Crippen molar-refractivity contribution in [3.05, 3.63) is 35.1 Å². The van der Waals surface area contributed by atoms with Gasteiger partial charge in [0.15, 0.2) is 0 Å². The van der Waals surface area contributed by atoms with Crippen LogP contribution >= 0.6 is 0 Å². The fourth-order valence-corrected chi connectivity index (χ4v) is 1.99. The lowest BCUT2D eigenvalue weighted by molar-refractivity contribution is 0.372. The van der Waals surface area contributed by atoms with Crippen LogP contribution in [0, 0.1) is 5.82 Å². The van der Waals surface area contributed by atoms with E-state index in [1.807, 2.05) is 6.07 Å². The molecule has 0 bridgehead atoms. The molecule has 0 radical (unpaired) electrons. The van der Waals surface area contributed by atoms with Gasteiger partial charge in [0.2, 0.25) is 0 Å². The Hall–Kier alpha value is -0.890. The van der Waals surface area contributed by atoms with Gasteiger partial charge in [-0.15, -0.1) is 0 Å². The standard InChI is InChI=1S/C10H9FO/c11-7-3-1-6-2-4-9-10(12-9)8(6)5-7/h1,3,5,9-10H,2,4H2/t9-,10+/m0/s1. The van der Waals surface area contributed by atoms with E-state index >= 15 is 0 Å². The van der Waals surface area contributed by atoms with Gasteiger partial charge in [-0.3, -0.25) is 0 Å². The van der Waals surface area contributed by atoms with Crippen LogP contribution in [0.4, 0.5) is 4.39 Å². The molecule has 1 aliphatic carbocycles. The van der Waals surface area contributed by atoms with Gasteiger partial charge in [0, 0.05) is 0 Å². The number of rotatable bonds is 0. The van der Waals surface area contributed by atoms with Crippen LogP contribution in [0.15, 0.2) is 18.2 Å². The molecule has 0 N–H and O–H groups in total. The highest BCUT2D eigenvalue weighted by molar-refractivity contribution is 5.35. The summed E-state index contributed by atoms with van der Waals surface area (Å²) < 4.78 is 18.2. The third-order valence-corrected chi connectivity index (χ3v) is 2.70. The summed E-state index contributed by atoms with van der Waals surface area (Å²) in [6.07, 6.45) is 2.74. The first-order chi connectivity index (χ1) is 5.84. The summed E-state index contributed by atoms with van der Waals surface area (Å²) in [7, 11) is 0. The maximum Gasteiger partial charge on any atom is 0.123 e. The molecule has 0 spiro atoms. The minimum atomic E-state index is -0.148. The molecular weight excluding hydrogens is 155 g/mol. The SMILES string of the molecule is Fc1ccc2c(c1)[C@H]1O[C@H]1CC2. The highest BCUT2D eigenvalue weighted by Gasteiger charge is 2.43. The molecule has 0 aromatic heterocycles. The summed E-state index contributed by atoms with van der Waals surface area (Å²) in [5.41, 5.74) is 2.33. The third kappa shape index (κ3) is 0.815. The van der Waals surface area contributed by atoms with Gasteiger partial charge in [0.1, 0.15) is 11.9 Å². The molecular formula is C10H9FO. The molecule has 1 aromatic carbocycles. The van der Waals surface area contributed by atoms with Crippen molar-refractivity contribution in [2.45, 2.75) is 25.0 Å². The number of aryl methyl sites for hydroxylation is 1. The summed E-state index contributed by atoms with van der Waals surface area (Å²) in [4.78, 5) is 0. The van der Waals surface area contributed by atoms with Gasteiger partial charge >= 0.3 is 0 Å². The Kier molecular flexibility index (Phi) is 1.14. The molecule has 12 heavy (non-hydrogen) atoms. The first-order valence-electron chi connectivity index (χ1n) is 4.28. The van der Waals surface area contributed by atoms with Gasteiger partial charge in [0.05, 0.1) is 6.10 Å². The monoisotopic (exact) mass is 164 g/mol. The van der Waals surface area contributed by atoms with Crippen molar-refractivity contribution < 1.29 is 9.13 Å². The third-order valence-electron chi connectivity index (χ3n) is 2.70. The predicted octanol–water partition coefficient (Wildman–Crippen LogP) is 2.21. The highest BCUT2D eigenvalue weighted by atomic mass is 19.1. The summed E-state index contributed by atoms with van der Waals surface area (Å²) in [6.45, 7) is 0. The zero-order chi connectivity index (χ0) is 8.13. The van der Waals surface area contributed by atoms with Crippen LogP contribution in [0.2, 0.25) is 0 Å². The number of ether oxygens (including phenoxy) is 1.